The fourth-order valence-corrected chi connectivity index (χ4v) is 5.32. The number of aromatic nitrogens is 1. The van der Waals surface area contributed by atoms with Crippen molar-refractivity contribution in [3.63, 3.8) is 0 Å². The smallest absolute Gasteiger partial charge is 0.358 e. The van der Waals surface area contributed by atoms with Crippen molar-refractivity contribution >= 4 is 23.2 Å². The van der Waals surface area contributed by atoms with E-state index >= 15 is 4.39 Å². The first-order chi connectivity index (χ1) is 17.4. The highest BCUT2D eigenvalue weighted by Gasteiger charge is 2.53. The SMILES string of the molecule is CCOC(=O)c1nc(CN(CCC(F)c2ccccc2)C(=O)C2(c3ccc(OC)cc3)CC2)sc1C. The second kappa shape index (κ2) is 11.2. The van der Waals surface area contributed by atoms with Gasteiger partial charge in [0.15, 0.2) is 5.69 Å². The first kappa shape index (κ1) is 25.8. The highest BCUT2D eigenvalue weighted by molar-refractivity contribution is 7.11. The highest BCUT2D eigenvalue weighted by atomic mass is 32.1. The van der Waals surface area contributed by atoms with Gasteiger partial charge in [-0.1, -0.05) is 42.5 Å². The maximum absolute atomic E-state index is 15.0. The second-order valence-electron chi connectivity index (χ2n) is 8.94. The summed E-state index contributed by atoms with van der Waals surface area (Å²) in [5, 5.41) is 0.629. The standard InChI is InChI=1S/C28H31FN2O4S/c1-4-35-26(32)25-19(2)36-24(30-25)18-31(17-14-23(29)20-8-6-5-7-9-20)27(33)28(15-16-28)21-10-12-22(34-3)13-11-21/h5-13,23H,4,14-18H2,1-3H3. The predicted molar refractivity (Wildman–Crippen MR) is 137 cm³/mol. The van der Waals surface area contributed by atoms with Crippen LogP contribution in [0.3, 0.4) is 0 Å². The Kier molecular flexibility index (Phi) is 8.04. The van der Waals surface area contributed by atoms with Gasteiger partial charge in [-0.3, -0.25) is 4.79 Å². The van der Waals surface area contributed by atoms with Gasteiger partial charge in [-0.15, -0.1) is 11.3 Å². The Bertz CT molecular complexity index is 1190. The lowest BCUT2D eigenvalue weighted by Crippen LogP contribution is -2.39. The third-order valence-corrected chi connectivity index (χ3v) is 7.49. The molecular weight excluding hydrogens is 479 g/mol. The van der Waals surface area contributed by atoms with Crippen molar-refractivity contribution in [1.82, 2.24) is 9.88 Å². The fourth-order valence-electron chi connectivity index (χ4n) is 4.38. The number of esters is 1. The molecule has 1 aliphatic rings. The predicted octanol–water partition coefficient (Wildman–Crippen LogP) is 5.80. The molecule has 1 atom stereocenters. The molecule has 1 unspecified atom stereocenters. The topological polar surface area (TPSA) is 68.7 Å². The molecule has 190 valence electrons. The van der Waals surface area contributed by atoms with Gasteiger partial charge in [0.2, 0.25) is 5.91 Å². The van der Waals surface area contributed by atoms with E-state index in [1.54, 1.807) is 31.1 Å². The molecule has 36 heavy (non-hydrogen) atoms. The number of thiazole rings is 1. The molecule has 8 heteroatoms. The minimum Gasteiger partial charge on any atom is -0.497 e. The van der Waals surface area contributed by atoms with E-state index in [1.807, 2.05) is 49.4 Å². The molecule has 1 aliphatic carbocycles. The summed E-state index contributed by atoms with van der Waals surface area (Å²) in [5.74, 6) is 0.213. The van der Waals surface area contributed by atoms with Crippen molar-refractivity contribution in [3.05, 3.63) is 81.3 Å². The summed E-state index contributed by atoms with van der Waals surface area (Å²) in [4.78, 5) is 33.1. The van der Waals surface area contributed by atoms with Crippen molar-refractivity contribution in [3.8, 4) is 5.75 Å². The molecule has 0 radical (unpaired) electrons. The Morgan fingerprint density at radius 1 is 1.14 bits per heavy atom. The summed E-state index contributed by atoms with van der Waals surface area (Å²) in [5.41, 5.74) is 1.17. The molecular formula is C28H31FN2O4S. The average molecular weight is 511 g/mol. The van der Waals surface area contributed by atoms with Crippen molar-refractivity contribution < 1.29 is 23.5 Å². The number of ether oxygens (including phenoxy) is 2. The molecule has 2 aromatic carbocycles. The number of amides is 1. The van der Waals surface area contributed by atoms with Gasteiger partial charge in [-0.05, 0) is 49.9 Å². The Balaban J connectivity index is 1.57. The number of hydrogen-bond acceptors (Lipinski definition) is 6. The van der Waals surface area contributed by atoms with Gasteiger partial charge in [0.25, 0.3) is 0 Å². The Morgan fingerprint density at radius 2 is 1.83 bits per heavy atom. The number of benzene rings is 2. The van der Waals surface area contributed by atoms with E-state index in [0.29, 0.717) is 10.6 Å². The molecule has 3 aromatic rings. The molecule has 1 aromatic heterocycles. The van der Waals surface area contributed by atoms with Crippen LogP contribution < -0.4 is 4.74 Å². The maximum Gasteiger partial charge on any atom is 0.358 e. The van der Waals surface area contributed by atoms with Crippen LogP contribution in [0.5, 0.6) is 5.75 Å². The van der Waals surface area contributed by atoms with Crippen LogP contribution in [0.2, 0.25) is 0 Å². The van der Waals surface area contributed by atoms with Crippen LogP contribution in [0.4, 0.5) is 4.39 Å². The van der Waals surface area contributed by atoms with E-state index < -0.39 is 17.6 Å². The number of methoxy groups -OCH3 is 1. The molecule has 1 fully saturated rings. The normalized spacial score (nSPS) is 14.7. The highest BCUT2D eigenvalue weighted by Crippen LogP contribution is 2.50. The van der Waals surface area contributed by atoms with Crippen molar-refractivity contribution in [2.45, 2.75) is 51.2 Å². The lowest BCUT2D eigenvalue weighted by atomic mass is 9.94. The van der Waals surface area contributed by atoms with Crippen LogP contribution in [0, 0.1) is 6.92 Å². The van der Waals surface area contributed by atoms with Crippen LogP contribution >= 0.6 is 11.3 Å². The largest absolute Gasteiger partial charge is 0.497 e. The number of nitrogens with zero attached hydrogens (tertiary/aromatic N) is 2. The number of hydrogen-bond donors (Lipinski definition) is 0. The zero-order valence-corrected chi connectivity index (χ0v) is 21.6. The van der Waals surface area contributed by atoms with Crippen molar-refractivity contribution in [2.24, 2.45) is 0 Å². The summed E-state index contributed by atoms with van der Waals surface area (Å²) < 4.78 is 25.4. The summed E-state index contributed by atoms with van der Waals surface area (Å²) in [6.07, 6.45) is 0.448. The minimum atomic E-state index is -1.19. The number of rotatable bonds is 11. The van der Waals surface area contributed by atoms with E-state index in [0.717, 1.165) is 29.0 Å². The van der Waals surface area contributed by atoms with Crippen molar-refractivity contribution in [2.75, 3.05) is 20.3 Å². The third-order valence-electron chi connectivity index (χ3n) is 6.54. The van der Waals surface area contributed by atoms with Crippen LogP contribution in [0.25, 0.3) is 0 Å². The molecule has 0 saturated heterocycles. The number of aryl methyl sites for hydroxylation is 1. The van der Waals surface area contributed by atoms with Gasteiger partial charge in [0.05, 0.1) is 25.7 Å². The molecule has 0 spiro atoms. The summed E-state index contributed by atoms with van der Waals surface area (Å²) in [6.45, 7) is 4.27. The van der Waals surface area contributed by atoms with Gasteiger partial charge in [0, 0.05) is 17.8 Å². The lowest BCUT2D eigenvalue weighted by molar-refractivity contribution is -0.134. The monoisotopic (exact) mass is 510 g/mol. The minimum absolute atomic E-state index is 0.0431. The zero-order chi connectivity index (χ0) is 25.7. The number of carbonyl (C=O) groups excluding carboxylic acids is 2. The van der Waals surface area contributed by atoms with Crippen LogP contribution in [0.15, 0.2) is 54.6 Å². The molecule has 0 N–H and O–H groups in total. The maximum atomic E-state index is 15.0. The van der Waals surface area contributed by atoms with Crippen LogP contribution in [0.1, 0.15) is 63.9 Å². The van der Waals surface area contributed by atoms with E-state index in [4.69, 9.17) is 9.47 Å². The number of halogens is 1. The quantitative estimate of drug-likeness (QED) is 0.305. The number of carbonyl (C=O) groups is 2. The molecule has 1 amide bonds. The van der Waals surface area contributed by atoms with Gasteiger partial charge < -0.3 is 14.4 Å². The lowest BCUT2D eigenvalue weighted by Gasteiger charge is -2.28. The summed E-state index contributed by atoms with van der Waals surface area (Å²) >= 11 is 1.36. The van der Waals surface area contributed by atoms with Crippen molar-refractivity contribution in [1.29, 1.82) is 0 Å². The number of alkyl halides is 1. The van der Waals surface area contributed by atoms with E-state index in [-0.39, 0.29) is 37.7 Å². The van der Waals surface area contributed by atoms with Crippen LogP contribution in [-0.2, 0) is 21.5 Å². The summed E-state index contributed by atoms with van der Waals surface area (Å²) in [7, 11) is 1.61. The molecule has 0 aliphatic heterocycles. The molecule has 1 heterocycles. The van der Waals surface area contributed by atoms with Gasteiger partial charge in [0.1, 0.15) is 16.9 Å². The Labute approximate surface area is 215 Å². The second-order valence-corrected chi connectivity index (χ2v) is 10.2. The van der Waals surface area contributed by atoms with E-state index in [1.165, 1.54) is 11.3 Å². The zero-order valence-electron chi connectivity index (χ0n) is 20.8. The third kappa shape index (κ3) is 5.59. The molecule has 4 rings (SSSR count). The molecule has 0 bridgehead atoms. The van der Waals surface area contributed by atoms with Gasteiger partial charge >= 0.3 is 5.97 Å². The van der Waals surface area contributed by atoms with E-state index in [2.05, 4.69) is 4.98 Å². The fraction of sp³-hybridized carbons (Fsp3) is 0.393. The molecule has 6 nitrogen and oxygen atoms in total. The van der Waals surface area contributed by atoms with Gasteiger partial charge in [-0.25, -0.2) is 14.2 Å². The Morgan fingerprint density at radius 3 is 2.44 bits per heavy atom. The molecule has 1 saturated carbocycles. The average Bonchev–Trinajstić information content (AvgIpc) is 3.63. The van der Waals surface area contributed by atoms with Gasteiger partial charge in [-0.2, -0.15) is 0 Å². The van der Waals surface area contributed by atoms with E-state index in [9.17, 15) is 9.59 Å². The summed E-state index contributed by atoms with van der Waals surface area (Å²) in [6, 6.07) is 16.5. The first-order valence-electron chi connectivity index (χ1n) is 12.1. The van der Waals surface area contributed by atoms with Crippen LogP contribution in [-0.4, -0.2) is 42.0 Å². The first-order valence-corrected chi connectivity index (χ1v) is 13.0. The Hall–Kier alpha value is -3.26.